The topological polar surface area (TPSA) is 23.6 Å². The number of hydrogen-bond acceptors (Lipinski definition) is 3. The Morgan fingerprint density at radius 3 is 2.62 bits per heavy atom. The maximum Gasteiger partial charge on any atom is 0.179 e. The van der Waals surface area contributed by atoms with Crippen LogP contribution < -0.4 is 0 Å². The van der Waals surface area contributed by atoms with Crippen LogP contribution in [0.1, 0.15) is 37.0 Å². The normalized spacial score (nSPS) is 22.8. The molecule has 1 heterocycles. The van der Waals surface area contributed by atoms with Gasteiger partial charge in [0.15, 0.2) is 5.78 Å². The zero-order valence-corrected chi connectivity index (χ0v) is 14.8. The molecule has 2 unspecified atom stereocenters. The van der Waals surface area contributed by atoms with Crippen molar-refractivity contribution in [3.05, 3.63) is 34.3 Å². The van der Waals surface area contributed by atoms with Gasteiger partial charge < -0.3 is 4.90 Å². The van der Waals surface area contributed by atoms with Crippen molar-refractivity contribution in [3.8, 4) is 0 Å². The van der Waals surface area contributed by atoms with E-state index in [9.17, 15) is 4.79 Å². The zero-order valence-electron chi connectivity index (χ0n) is 13.2. The van der Waals surface area contributed by atoms with Gasteiger partial charge in [-0.15, -0.1) is 0 Å². The van der Waals surface area contributed by atoms with Crippen molar-refractivity contribution in [3.63, 3.8) is 0 Å². The van der Waals surface area contributed by atoms with Gasteiger partial charge in [-0.1, -0.05) is 35.0 Å². The fourth-order valence-corrected chi connectivity index (χ4v) is 3.41. The van der Waals surface area contributed by atoms with E-state index in [0.29, 0.717) is 6.04 Å². The molecule has 0 saturated carbocycles. The molecule has 21 heavy (non-hydrogen) atoms. The van der Waals surface area contributed by atoms with Gasteiger partial charge in [0.1, 0.15) is 0 Å². The van der Waals surface area contributed by atoms with E-state index in [1.165, 1.54) is 0 Å². The Hall–Kier alpha value is -0.710. The lowest BCUT2D eigenvalue weighted by Gasteiger charge is -2.34. The molecular weight excluding hydrogens is 328 g/mol. The molecule has 1 aromatic carbocycles. The van der Waals surface area contributed by atoms with Gasteiger partial charge in [0.2, 0.25) is 0 Å². The Balaban J connectivity index is 2.14. The molecule has 0 aliphatic carbocycles. The van der Waals surface area contributed by atoms with Gasteiger partial charge in [-0.05, 0) is 45.5 Å². The average molecular weight is 353 g/mol. The van der Waals surface area contributed by atoms with Gasteiger partial charge in [-0.25, -0.2) is 0 Å². The lowest BCUT2D eigenvalue weighted by molar-refractivity contribution is 0.0754. The van der Waals surface area contributed by atoms with Crippen molar-refractivity contribution in [1.82, 2.24) is 9.80 Å². The van der Waals surface area contributed by atoms with Crippen LogP contribution in [0.15, 0.2) is 28.7 Å². The molecule has 3 nitrogen and oxygen atoms in total. The number of Topliss-reactive ketones (excluding diaryl/α,β-unsaturated/α-hetero) is 1. The predicted molar refractivity (Wildman–Crippen MR) is 90.8 cm³/mol. The van der Waals surface area contributed by atoms with E-state index in [1.54, 1.807) is 0 Å². The molecule has 2 rings (SSSR count). The van der Waals surface area contributed by atoms with Crippen LogP contribution in [0.5, 0.6) is 0 Å². The Labute approximate surface area is 136 Å². The lowest BCUT2D eigenvalue weighted by Crippen LogP contribution is -2.48. The number of halogens is 1. The number of nitrogens with zero attached hydrogens (tertiary/aromatic N) is 2. The number of ketones is 1. The van der Waals surface area contributed by atoms with Crippen molar-refractivity contribution < 1.29 is 4.79 Å². The summed E-state index contributed by atoms with van der Waals surface area (Å²) in [7, 11) is 2.17. The molecule has 116 valence electrons. The summed E-state index contributed by atoms with van der Waals surface area (Å²) in [5, 5.41) is 0. The monoisotopic (exact) mass is 352 g/mol. The van der Waals surface area contributed by atoms with E-state index < -0.39 is 0 Å². The molecule has 1 saturated heterocycles. The fraction of sp³-hybridized carbons (Fsp3) is 0.588. The molecule has 0 spiro atoms. The standard InChI is InChI=1S/C17H25BrN2O/c1-4-16-12-19(3)10-5-11-20(16)13(2)17(21)14-6-8-15(18)9-7-14/h6-9,13,16H,4-5,10-12H2,1-3H3. The summed E-state index contributed by atoms with van der Waals surface area (Å²) in [5.74, 6) is 0.227. The first-order chi connectivity index (χ1) is 10.0. The molecular formula is C17H25BrN2O. The van der Waals surface area contributed by atoms with E-state index in [-0.39, 0.29) is 11.8 Å². The molecule has 0 N–H and O–H groups in total. The second kappa shape index (κ2) is 7.52. The van der Waals surface area contributed by atoms with Crippen LogP contribution in [-0.2, 0) is 0 Å². The third-order valence-corrected chi connectivity index (χ3v) is 4.95. The highest BCUT2D eigenvalue weighted by Gasteiger charge is 2.30. The molecule has 2 atom stereocenters. The van der Waals surface area contributed by atoms with Gasteiger partial charge in [-0.3, -0.25) is 9.69 Å². The summed E-state index contributed by atoms with van der Waals surface area (Å²) in [6.45, 7) is 7.44. The number of likely N-dealkylation sites (N-methyl/N-ethyl adjacent to an activating group) is 1. The van der Waals surface area contributed by atoms with E-state index >= 15 is 0 Å². The van der Waals surface area contributed by atoms with E-state index in [4.69, 9.17) is 0 Å². The number of hydrogen-bond donors (Lipinski definition) is 0. The van der Waals surface area contributed by atoms with Crippen molar-refractivity contribution in [2.24, 2.45) is 0 Å². The molecule has 0 bridgehead atoms. The van der Waals surface area contributed by atoms with Crippen molar-refractivity contribution >= 4 is 21.7 Å². The summed E-state index contributed by atoms with van der Waals surface area (Å²) < 4.78 is 1.01. The van der Waals surface area contributed by atoms with E-state index in [0.717, 1.165) is 42.5 Å². The predicted octanol–water partition coefficient (Wildman–Crippen LogP) is 3.44. The number of rotatable bonds is 4. The third-order valence-electron chi connectivity index (χ3n) is 4.42. The minimum atomic E-state index is -0.0531. The summed E-state index contributed by atoms with van der Waals surface area (Å²) in [6.07, 6.45) is 2.22. The largest absolute Gasteiger partial charge is 0.305 e. The maximum atomic E-state index is 12.7. The molecule has 1 aromatic rings. The van der Waals surface area contributed by atoms with E-state index in [1.807, 2.05) is 24.3 Å². The molecule has 1 aliphatic heterocycles. The van der Waals surface area contributed by atoms with Crippen molar-refractivity contribution in [2.45, 2.75) is 38.8 Å². The highest BCUT2D eigenvalue weighted by Crippen LogP contribution is 2.19. The zero-order chi connectivity index (χ0) is 15.4. The highest BCUT2D eigenvalue weighted by molar-refractivity contribution is 9.10. The molecule has 0 amide bonds. The summed E-state index contributed by atoms with van der Waals surface area (Å²) >= 11 is 3.42. The fourth-order valence-electron chi connectivity index (χ4n) is 3.14. The molecule has 1 aliphatic rings. The van der Waals surface area contributed by atoms with Gasteiger partial charge >= 0.3 is 0 Å². The van der Waals surface area contributed by atoms with Crippen LogP contribution in [0.4, 0.5) is 0 Å². The van der Waals surface area contributed by atoms with Crippen molar-refractivity contribution in [2.75, 3.05) is 26.7 Å². The van der Waals surface area contributed by atoms with Gasteiger partial charge in [0.25, 0.3) is 0 Å². The van der Waals surface area contributed by atoms with Crippen LogP contribution in [-0.4, -0.2) is 54.3 Å². The quantitative estimate of drug-likeness (QED) is 0.775. The van der Waals surface area contributed by atoms with Gasteiger partial charge in [0.05, 0.1) is 6.04 Å². The number of carbonyl (C=O) groups is 1. The van der Waals surface area contributed by atoms with Crippen LogP contribution in [0.2, 0.25) is 0 Å². The van der Waals surface area contributed by atoms with Crippen molar-refractivity contribution in [1.29, 1.82) is 0 Å². The maximum absolute atomic E-state index is 12.7. The number of carbonyl (C=O) groups excluding carboxylic acids is 1. The Kier molecular flexibility index (Phi) is 5.97. The smallest absolute Gasteiger partial charge is 0.179 e. The first-order valence-corrected chi connectivity index (χ1v) is 8.56. The van der Waals surface area contributed by atoms with Crippen LogP contribution in [0, 0.1) is 0 Å². The van der Waals surface area contributed by atoms with E-state index in [2.05, 4.69) is 46.6 Å². The summed E-state index contributed by atoms with van der Waals surface area (Å²) in [5.41, 5.74) is 0.804. The second-order valence-electron chi connectivity index (χ2n) is 5.96. The molecule has 0 radical (unpaired) electrons. The van der Waals surface area contributed by atoms with Gasteiger partial charge in [0, 0.05) is 29.2 Å². The minimum Gasteiger partial charge on any atom is -0.305 e. The van der Waals surface area contributed by atoms with Crippen LogP contribution in [0.25, 0.3) is 0 Å². The lowest BCUT2D eigenvalue weighted by atomic mass is 10.0. The van der Waals surface area contributed by atoms with Crippen LogP contribution in [0.3, 0.4) is 0 Å². The Morgan fingerprint density at radius 2 is 2.00 bits per heavy atom. The number of benzene rings is 1. The van der Waals surface area contributed by atoms with Gasteiger partial charge in [-0.2, -0.15) is 0 Å². The first-order valence-electron chi connectivity index (χ1n) is 7.77. The SMILES string of the molecule is CCC1CN(C)CCCN1C(C)C(=O)c1ccc(Br)cc1. The first kappa shape index (κ1) is 16.7. The Bertz CT molecular complexity index is 474. The summed E-state index contributed by atoms with van der Waals surface area (Å²) in [6, 6.07) is 8.11. The third kappa shape index (κ3) is 4.15. The summed E-state index contributed by atoms with van der Waals surface area (Å²) in [4.78, 5) is 17.5. The second-order valence-corrected chi connectivity index (χ2v) is 6.88. The average Bonchev–Trinajstić information content (AvgIpc) is 2.67. The Morgan fingerprint density at radius 1 is 1.33 bits per heavy atom. The minimum absolute atomic E-state index is 0.0531. The van der Waals surface area contributed by atoms with Crippen LogP contribution >= 0.6 is 15.9 Å². The molecule has 4 heteroatoms. The molecule has 0 aromatic heterocycles. The highest BCUT2D eigenvalue weighted by atomic mass is 79.9. The molecule has 1 fully saturated rings.